The zero-order valence-electron chi connectivity index (χ0n) is 6.18. The van der Waals surface area contributed by atoms with Gasteiger partial charge >= 0.3 is 0 Å². The fourth-order valence-corrected chi connectivity index (χ4v) is 1.02. The van der Waals surface area contributed by atoms with Crippen LogP contribution in [0, 0.1) is 0 Å². The van der Waals surface area contributed by atoms with Crippen molar-refractivity contribution in [2.24, 2.45) is 10.7 Å². The lowest BCUT2D eigenvalue weighted by Gasteiger charge is -2.20. The van der Waals surface area contributed by atoms with Crippen LogP contribution in [-0.4, -0.2) is 11.2 Å². The normalized spacial score (nSPS) is 14.8. The monoisotopic (exact) mass is 163 g/mol. The fourth-order valence-electron chi connectivity index (χ4n) is 1.02. The number of rotatable bonds is 0. The van der Waals surface area contributed by atoms with E-state index in [0.717, 1.165) is 5.17 Å². The third kappa shape index (κ3) is 0.960. The molecule has 0 atom stereocenters. The number of benzene rings is 1. The van der Waals surface area contributed by atoms with Crippen molar-refractivity contribution in [3.63, 3.8) is 0 Å². The molecule has 0 spiro atoms. The Balaban J connectivity index is 2.55. The van der Waals surface area contributed by atoms with E-state index in [4.69, 9.17) is 5.73 Å². The second kappa shape index (κ2) is 2.38. The molecule has 0 saturated heterocycles. The van der Waals surface area contributed by atoms with Crippen molar-refractivity contribution in [2.75, 3.05) is 5.17 Å². The molecule has 5 nitrogen and oxygen atoms in total. The van der Waals surface area contributed by atoms with Crippen LogP contribution in [0.2, 0.25) is 0 Å². The van der Waals surface area contributed by atoms with Gasteiger partial charge in [0.1, 0.15) is 5.69 Å². The van der Waals surface area contributed by atoms with Crippen LogP contribution >= 0.6 is 0 Å². The number of hydrogen-bond donors (Lipinski definition) is 2. The summed E-state index contributed by atoms with van der Waals surface area (Å²) < 4.78 is 0. The summed E-state index contributed by atoms with van der Waals surface area (Å²) in [6.07, 6.45) is 0. The first-order chi connectivity index (χ1) is 5.77. The van der Waals surface area contributed by atoms with E-state index < -0.39 is 0 Å². The highest BCUT2D eigenvalue weighted by Gasteiger charge is 2.15. The molecule has 1 heterocycles. The van der Waals surface area contributed by atoms with E-state index in [1.165, 1.54) is 0 Å². The number of hydrogen-bond acceptors (Lipinski definition) is 4. The van der Waals surface area contributed by atoms with Crippen LogP contribution in [0.3, 0.4) is 0 Å². The zero-order valence-corrected chi connectivity index (χ0v) is 6.18. The Morgan fingerprint density at radius 2 is 2.08 bits per heavy atom. The zero-order chi connectivity index (χ0) is 8.55. The van der Waals surface area contributed by atoms with Gasteiger partial charge in [0.05, 0.1) is 5.69 Å². The molecular formula is C7H7N4O. The fraction of sp³-hybridized carbons (Fsp3) is 0. The van der Waals surface area contributed by atoms with Gasteiger partial charge in [-0.3, -0.25) is 5.21 Å². The van der Waals surface area contributed by atoms with E-state index in [0.29, 0.717) is 11.4 Å². The van der Waals surface area contributed by atoms with Crippen molar-refractivity contribution < 1.29 is 5.21 Å². The lowest BCUT2D eigenvalue weighted by atomic mass is 10.2. The maximum atomic E-state index is 9.24. The molecule has 0 amide bonds. The minimum Gasteiger partial charge on any atom is -0.366 e. The Bertz CT molecular complexity index is 336. The summed E-state index contributed by atoms with van der Waals surface area (Å²) in [5.74, 6) is 0.0520. The average molecular weight is 163 g/mol. The van der Waals surface area contributed by atoms with Crippen LogP contribution in [0.5, 0.6) is 0 Å². The van der Waals surface area contributed by atoms with Crippen molar-refractivity contribution >= 4 is 17.3 Å². The molecule has 0 bridgehead atoms. The molecule has 5 heteroatoms. The van der Waals surface area contributed by atoms with Gasteiger partial charge in [0.15, 0.2) is 0 Å². The van der Waals surface area contributed by atoms with Crippen LogP contribution in [0.15, 0.2) is 29.3 Å². The van der Waals surface area contributed by atoms with E-state index in [1.54, 1.807) is 18.2 Å². The third-order valence-corrected chi connectivity index (χ3v) is 1.53. The minimum atomic E-state index is 0.0520. The van der Waals surface area contributed by atoms with Crippen molar-refractivity contribution in [3.8, 4) is 0 Å². The smallest absolute Gasteiger partial charge is 0.241 e. The molecule has 0 aliphatic carbocycles. The number of nitrogens with zero attached hydrogens (tertiary/aromatic N) is 3. The number of para-hydroxylation sites is 2. The van der Waals surface area contributed by atoms with Gasteiger partial charge < -0.3 is 5.73 Å². The van der Waals surface area contributed by atoms with Crippen LogP contribution in [-0.2, 0) is 0 Å². The van der Waals surface area contributed by atoms with E-state index in [9.17, 15) is 5.21 Å². The van der Waals surface area contributed by atoms with Gasteiger partial charge in [-0.25, -0.2) is 4.99 Å². The highest BCUT2D eigenvalue weighted by atomic mass is 16.5. The minimum absolute atomic E-state index is 0.0520. The Morgan fingerprint density at radius 1 is 1.33 bits per heavy atom. The lowest BCUT2D eigenvalue weighted by molar-refractivity contribution is 0.230. The predicted octanol–water partition coefficient (Wildman–Crippen LogP) is 0.361. The molecular weight excluding hydrogens is 156 g/mol. The van der Waals surface area contributed by atoms with Crippen molar-refractivity contribution in [3.05, 3.63) is 24.3 Å². The molecule has 0 saturated carbocycles. The maximum Gasteiger partial charge on any atom is 0.241 e. The summed E-state index contributed by atoms with van der Waals surface area (Å²) in [6, 6.07) is 7.05. The Labute approximate surface area is 69.1 Å². The molecule has 0 aromatic heterocycles. The molecule has 1 aromatic carbocycles. The van der Waals surface area contributed by atoms with Crippen LogP contribution < -0.4 is 16.3 Å². The summed E-state index contributed by atoms with van der Waals surface area (Å²) in [7, 11) is 0. The van der Waals surface area contributed by atoms with Crippen molar-refractivity contribution in [2.45, 2.75) is 0 Å². The van der Waals surface area contributed by atoms with Gasteiger partial charge in [-0.1, -0.05) is 12.1 Å². The maximum absolute atomic E-state index is 9.24. The second-order valence-electron chi connectivity index (χ2n) is 2.35. The summed E-state index contributed by atoms with van der Waals surface area (Å²) in [5, 5.41) is 9.96. The lowest BCUT2D eigenvalue weighted by Crippen LogP contribution is -2.39. The number of fused-ring (bicyclic) bond motifs is 1. The molecule has 0 unspecified atom stereocenters. The highest BCUT2D eigenvalue weighted by molar-refractivity contribution is 5.87. The van der Waals surface area contributed by atoms with Crippen molar-refractivity contribution in [1.29, 1.82) is 0 Å². The molecule has 0 fully saturated rings. The number of guanidine groups is 1. The summed E-state index contributed by atoms with van der Waals surface area (Å²) in [4.78, 5) is 3.92. The summed E-state index contributed by atoms with van der Waals surface area (Å²) >= 11 is 0. The van der Waals surface area contributed by atoms with Gasteiger partial charge in [0.25, 0.3) is 0 Å². The van der Waals surface area contributed by atoms with Crippen LogP contribution in [0.4, 0.5) is 11.4 Å². The number of aliphatic imine (C=N–C) groups is 1. The topological polar surface area (TPSA) is 75.9 Å². The molecule has 3 N–H and O–H groups in total. The number of nitrogens with two attached hydrogens (primary N) is 1. The molecule has 1 aliphatic rings. The van der Waals surface area contributed by atoms with Gasteiger partial charge in [0, 0.05) is 0 Å². The third-order valence-electron chi connectivity index (χ3n) is 1.53. The SMILES string of the molecule is NC1=Nc2ccccc2N(O)[N]1. The highest BCUT2D eigenvalue weighted by Crippen LogP contribution is 2.28. The van der Waals surface area contributed by atoms with Crippen LogP contribution in [0.25, 0.3) is 0 Å². The van der Waals surface area contributed by atoms with Gasteiger partial charge in [0.2, 0.25) is 5.96 Å². The molecule has 1 aromatic rings. The average Bonchev–Trinajstić information content (AvgIpc) is 2.04. The quantitative estimate of drug-likeness (QED) is 0.579. The van der Waals surface area contributed by atoms with E-state index in [-0.39, 0.29) is 5.96 Å². The Hall–Kier alpha value is -1.75. The van der Waals surface area contributed by atoms with Gasteiger partial charge in [-0.05, 0) is 12.1 Å². The van der Waals surface area contributed by atoms with E-state index >= 15 is 0 Å². The molecule has 2 rings (SSSR count). The largest absolute Gasteiger partial charge is 0.366 e. The Morgan fingerprint density at radius 3 is 2.92 bits per heavy atom. The molecule has 1 aliphatic heterocycles. The standard InChI is InChI=1S/C7H7N4O/c8-7-9-5-3-1-2-4-6(5)11(12)10-7/h1-4,12H,(H2,8,9). The molecule has 12 heavy (non-hydrogen) atoms. The summed E-state index contributed by atoms with van der Waals surface area (Å²) in [6.45, 7) is 0. The summed E-state index contributed by atoms with van der Waals surface area (Å²) in [5.41, 5.74) is 10.0. The Kier molecular flexibility index (Phi) is 1.38. The van der Waals surface area contributed by atoms with E-state index in [2.05, 4.69) is 10.4 Å². The second-order valence-corrected chi connectivity index (χ2v) is 2.35. The molecule has 61 valence electrons. The first kappa shape index (κ1) is 6.93. The van der Waals surface area contributed by atoms with E-state index in [1.807, 2.05) is 6.07 Å². The predicted molar refractivity (Wildman–Crippen MR) is 44.1 cm³/mol. The van der Waals surface area contributed by atoms with Gasteiger partial charge in [-0.15, -0.1) is 10.6 Å². The first-order valence-corrected chi connectivity index (χ1v) is 3.41. The van der Waals surface area contributed by atoms with Crippen molar-refractivity contribution in [1.82, 2.24) is 5.43 Å². The first-order valence-electron chi connectivity index (χ1n) is 3.41. The van der Waals surface area contributed by atoms with Crippen LogP contribution in [0.1, 0.15) is 0 Å². The molecule has 1 radical (unpaired) electrons. The number of anilines is 1. The van der Waals surface area contributed by atoms with Gasteiger partial charge in [-0.2, -0.15) is 0 Å².